The number of likely N-dealkylation sites (tertiary alicyclic amines) is 1. The maximum atomic E-state index is 12.8. The maximum absolute atomic E-state index is 12.8. The fourth-order valence-electron chi connectivity index (χ4n) is 4.03. The highest BCUT2D eigenvalue weighted by molar-refractivity contribution is 5.90. The molecule has 0 bridgehead atoms. The molecule has 1 aliphatic heterocycles. The smallest absolute Gasteiger partial charge is 0.226 e. The molecule has 24 heavy (non-hydrogen) atoms. The quantitative estimate of drug-likeness (QED) is 0.944. The summed E-state index contributed by atoms with van der Waals surface area (Å²) in [6, 6.07) is 14.7. The fraction of sp³-hybridized carbons (Fsp3) is 0.400. The Bertz CT molecular complexity index is 796. The lowest BCUT2D eigenvalue weighted by atomic mass is 9.96. The van der Waals surface area contributed by atoms with Gasteiger partial charge in [0.25, 0.3) is 0 Å². The topological polar surface area (TPSA) is 63.4 Å². The van der Waals surface area contributed by atoms with Gasteiger partial charge in [0, 0.05) is 19.0 Å². The van der Waals surface area contributed by atoms with Gasteiger partial charge in [-0.2, -0.15) is 0 Å². The number of fused-ring (bicyclic) bond motifs is 1. The SMILES string of the molecule is NC(=O)[C@@H]1CCCN(C(=O)[C@@H]2C[C@H]2c2cccc3ccccc23)C1. The van der Waals surface area contributed by atoms with Gasteiger partial charge in [-0.1, -0.05) is 42.5 Å². The molecule has 1 heterocycles. The number of hydrogen-bond acceptors (Lipinski definition) is 2. The number of hydrogen-bond donors (Lipinski definition) is 1. The zero-order chi connectivity index (χ0) is 16.7. The zero-order valence-corrected chi connectivity index (χ0v) is 13.7. The molecule has 1 saturated heterocycles. The summed E-state index contributed by atoms with van der Waals surface area (Å²) in [4.78, 5) is 26.1. The lowest BCUT2D eigenvalue weighted by molar-refractivity contribution is -0.136. The first-order valence-electron chi connectivity index (χ1n) is 8.71. The summed E-state index contributed by atoms with van der Waals surface area (Å²) >= 11 is 0. The molecule has 0 spiro atoms. The molecule has 4 heteroatoms. The molecule has 4 rings (SSSR count). The van der Waals surface area contributed by atoms with Crippen LogP contribution in [0.25, 0.3) is 10.8 Å². The van der Waals surface area contributed by atoms with Crippen molar-refractivity contribution >= 4 is 22.6 Å². The molecule has 2 aromatic carbocycles. The summed E-state index contributed by atoms with van der Waals surface area (Å²) in [6.07, 6.45) is 2.58. The van der Waals surface area contributed by atoms with Crippen LogP contribution in [-0.4, -0.2) is 29.8 Å². The Kier molecular flexibility index (Phi) is 3.75. The number of nitrogens with two attached hydrogens (primary N) is 1. The van der Waals surface area contributed by atoms with Crippen LogP contribution in [0.4, 0.5) is 0 Å². The number of carbonyl (C=O) groups excluding carboxylic acids is 2. The van der Waals surface area contributed by atoms with E-state index in [1.54, 1.807) is 0 Å². The van der Waals surface area contributed by atoms with Crippen LogP contribution >= 0.6 is 0 Å². The second kappa shape index (κ2) is 5.93. The third kappa shape index (κ3) is 2.66. The van der Waals surface area contributed by atoms with Gasteiger partial charge >= 0.3 is 0 Å². The van der Waals surface area contributed by atoms with Gasteiger partial charge in [0.05, 0.1) is 5.92 Å². The van der Waals surface area contributed by atoms with E-state index in [0.29, 0.717) is 12.5 Å². The van der Waals surface area contributed by atoms with Crippen molar-refractivity contribution in [3.8, 4) is 0 Å². The third-order valence-electron chi connectivity index (χ3n) is 5.47. The molecule has 1 saturated carbocycles. The first-order chi connectivity index (χ1) is 11.6. The molecule has 2 aliphatic rings. The van der Waals surface area contributed by atoms with Crippen LogP contribution in [-0.2, 0) is 9.59 Å². The molecule has 2 N–H and O–H groups in total. The molecule has 2 aromatic rings. The predicted octanol–water partition coefficient (Wildman–Crippen LogP) is 2.67. The minimum absolute atomic E-state index is 0.0578. The summed E-state index contributed by atoms with van der Waals surface area (Å²) in [5.41, 5.74) is 6.70. The van der Waals surface area contributed by atoms with E-state index in [2.05, 4.69) is 30.3 Å². The normalized spacial score (nSPS) is 26.3. The largest absolute Gasteiger partial charge is 0.369 e. The van der Waals surface area contributed by atoms with Crippen LogP contribution < -0.4 is 5.73 Å². The zero-order valence-electron chi connectivity index (χ0n) is 13.7. The van der Waals surface area contributed by atoms with E-state index in [0.717, 1.165) is 25.8 Å². The Hall–Kier alpha value is -2.36. The second-order valence-electron chi connectivity index (χ2n) is 7.04. The van der Waals surface area contributed by atoms with Crippen molar-refractivity contribution in [1.82, 2.24) is 4.90 Å². The summed E-state index contributed by atoms with van der Waals surface area (Å²) in [5.74, 6) is 0.0882. The van der Waals surface area contributed by atoms with Crippen LogP contribution in [0.15, 0.2) is 42.5 Å². The van der Waals surface area contributed by atoms with Gasteiger partial charge in [0.1, 0.15) is 0 Å². The van der Waals surface area contributed by atoms with Crippen LogP contribution in [0.3, 0.4) is 0 Å². The molecule has 2 fully saturated rings. The highest BCUT2D eigenvalue weighted by Gasteiger charge is 2.47. The van der Waals surface area contributed by atoms with E-state index in [9.17, 15) is 9.59 Å². The third-order valence-corrected chi connectivity index (χ3v) is 5.47. The van der Waals surface area contributed by atoms with E-state index in [1.807, 2.05) is 17.0 Å². The Labute approximate surface area is 141 Å². The first-order valence-corrected chi connectivity index (χ1v) is 8.71. The highest BCUT2D eigenvalue weighted by atomic mass is 16.2. The van der Waals surface area contributed by atoms with Crippen molar-refractivity contribution in [2.24, 2.45) is 17.6 Å². The number of amides is 2. The van der Waals surface area contributed by atoms with Gasteiger partial charge in [0.15, 0.2) is 0 Å². The minimum Gasteiger partial charge on any atom is -0.369 e. The monoisotopic (exact) mass is 322 g/mol. The number of primary amides is 1. The van der Waals surface area contributed by atoms with E-state index in [1.165, 1.54) is 16.3 Å². The standard InChI is InChI=1S/C20H22N2O2/c21-19(23)14-7-4-10-22(12-14)20(24)18-11-17(18)16-9-3-6-13-5-1-2-8-15(13)16/h1-3,5-6,8-9,14,17-18H,4,7,10-12H2,(H2,21,23)/t14-,17+,18-/m1/s1. The molecular formula is C20H22N2O2. The van der Waals surface area contributed by atoms with Crippen molar-refractivity contribution in [2.45, 2.75) is 25.2 Å². The van der Waals surface area contributed by atoms with Crippen molar-refractivity contribution in [2.75, 3.05) is 13.1 Å². The average Bonchev–Trinajstić information content (AvgIpc) is 3.41. The molecule has 1 aliphatic carbocycles. The number of nitrogens with zero attached hydrogens (tertiary/aromatic N) is 1. The fourth-order valence-corrected chi connectivity index (χ4v) is 4.03. The lowest BCUT2D eigenvalue weighted by Crippen LogP contribution is -2.44. The number of carbonyl (C=O) groups is 2. The molecule has 4 nitrogen and oxygen atoms in total. The summed E-state index contributed by atoms with van der Waals surface area (Å²) in [6.45, 7) is 1.24. The van der Waals surface area contributed by atoms with Gasteiger partial charge in [-0.3, -0.25) is 9.59 Å². The average molecular weight is 322 g/mol. The molecule has 3 atom stereocenters. The van der Waals surface area contributed by atoms with Gasteiger partial charge in [0.2, 0.25) is 11.8 Å². The lowest BCUT2D eigenvalue weighted by Gasteiger charge is -2.31. The molecule has 2 amide bonds. The maximum Gasteiger partial charge on any atom is 0.226 e. The molecular weight excluding hydrogens is 300 g/mol. The van der Waals surface area contributed by atoms with Gasteiger partial charge in [-0.25, -0.2) is 0 Å². The highest BCUT2D eigenvalue weighted by Crippen LogP contribution is 2.50. The van der Waals surface area contributed by atoms with E-state index in [-0.39, 0.29) is 23.7 Å². The van der Waals surface area contributed by atoms with Crippen molar-refractivity contribution < 1.29 is 9.59 Å². The summed E-state index contributed by atoms with van der Waals surface area (Å²) in [5, 5.41) is 2.47. The second-order valence-corrected chi connectivity index (χ2v) is 7.04. The van der Waals surface area contributed by atoms with Crippen molar-refractivity contribution in [3.05, 3.63) is 48.0 Å². The van der Waals surface area contributed by atoms with Crippen LogP contribution in [0.2, 0.25) is 0 Å². The Balaban J connectivity index is 1.51. The van der Waals surface area contributed by atoms with E-state index >= 15 is 0 Å². The predicted molar refractivity (Wildman–Crippen MR) is 93.3 cm³/mol. The van der Waals surface area contributed by atoms with Crippen molar-refractivity contribution in [1.29, 1.82) is 0 Å². The number of piperidine rings is 1. The van der Waals surface area contributed by atoms with E-state index in [4.69, 9.17) is 5.73 Å². The van der Waals surface area contributed by atoms with Gasteiger partial charge < -0.3 is 10.6 Å². The Morgan fingerprint density at radius 3 is 2.71 bits per heavy atom. The molecule has 0 radical (unpaired) electrons. The van der Waals surface area contributed by atoms with Gasteiger partial charge in [-0.05, 0) is 41.5 Å². The summed E-state index contributed by atoms with van der Waals surface area (Å²) in [7, 11) is 0. The molecule has 124 valence electrons. The number of rotatable bonds is 3. The first kappa shape index (κ1) is 15.2. The van der Waals surface area contributed by atoms with Crippen LogP contribution in [0.1, 0.15) is 30.7 Å². The van der Waals surface area contributed by atoms with E-state index < -0.39 is 0 Å². The van der Waals surface area contributed by atoms with Gasteiger partial charge in [-0.15, -0.1) is 0 Å². The van der Waals surface area contributed by atoms with Crippen LogP contribution in [0.5, 0.6) is 0 Å². The van der Waals surface area contributed by atoms with Crippen LogP contribution in [0, 0.1) is 11.8 Å². The van der Waals surface area contributed by atoms with Crippen molar-refractivity contribution in [3.63, 3.8) is 0 Å². The Morgan fingerprint density at radius 1 is 1.08 bits per heavy atom. The minimum atomic E-state index is -0.283. The number of benzene rings is 2. The Morgan fingerprint density at radius 2 is 1.88 bits per heavy atom. The summed E-state index contributed by atoms with van der Waals surface area (Å²) < 4.78 is 0. The molecule has 0 aromatic heterocycles. The molecule has 0 unspecified atom stereocenters.